The van der Waals surface area contributed by atoms with E-state index >= 15 is 0 Å². The van der Waals surface area contributed by atoms with Crippen molar-refractivity contribution in [1.29, 1.82) is 0 Å². The number of likely N-dealkylation sites (tertiary alicyclic amines) is 2. The second-order valence-electron chi connectivity index (χ2n) is 10.8. The molecule has 0 radical (unpaired) electrons. The molecule has 32 heavy (non-hydrogen) atoms. The van der Waals surface area contributed by atoms with Crippen LogP contribution in [0, 0.1) is 0 Å². The Morgan fingerprint density at radius 3 is 1.56 bits per heavy atom. The predicted octanol–water partition coefficient (Wildman–Crippen LogP) is 4.83. The summed E-state index contributed by atoms with van der Waals surface area (Å²) >= 11 is 0. The first-order chi connectivity index (χ1) is 15.3. The molecule has 2 aliphatic heterocycles. The lowest BCUT2D eigenvalue weighted by atomic mass is 10.0. The Labute approximate surface area is 207 Å². The van der Waals surface area contributed by atoms with Gasteiger partial charge in [0.2, 0.25) is 5.91 Å². The molecule has 2 aliphatic rings. The van der Waals surface area contributed by atoms with Gasteiger partial charge in [0.1, 0.15) is 0 Å². The van der Waals surface area contributed by atoms with E-state index in [1.165, 1.54) is 146 Å². The number of nitrogens with zero attached hydrogens (tertiary/aromatic N) is 2. The van der Waals surface area contributed by atoms with Crippen LogP contribution in [0.3, 0.4) is 0 Å². The first kappa shape index (κ1) is 29.8. The van der Waals surface area contributed by atoms with Crippen LogP contribution in [0.15, 0.2) is 0 Å². The molecule has 2 saturated heterocycles. The Morgan fingerprint density at radius 2 is 1.12 bits per heavy atom. The molecule has 0 aromatic carbocycles. The summed E-state index contributed by atoms with van der Waals surface area (Å²) in [7, 11) is 0. The minimum Gasteiger partial charge on any atom is -1.00 e. The largest absolute Gasteiger partial charge is 1.00 e. The monoisotopic (exact) mass is 470 g/mol. The van der Waals surface area contributed by atoms with E-state index in [0.29, 0.717) is 5.91 Å². The molecule has 2 fully saturated rings. The number of halogens is 1. The predicted molar refractivity (Wildman–Crippen MR) is 134 cm³/mol. The van der Waals surface area contributed by atoms with Gasteiger partial charge in [-0.1, -0.05) is 96.8 Å². The van der Waals surface area contributed by atoms with Gasteiger partial charge < -0.3 is 16.9 Å². The van der Waals surface area contributed by atoms with Gasteiger partial charge in [0, 0.05) is 13.0 Å². The molecule has 0 aromatic rings. The van der Waals surface area contributed by atoms with Gasteiger partial charge >= 0.3 is 0 Å². The average molecular weight is 471 g/mol. The van der Waals surface area contributed by atoms with Gasteiger partial charge in [-0.15, -0.1) is 0 Å². The first-order valence-corrected chi connectivity index (χ1v) is 14.4. The molecule has 190 valence electrons. The molecule has 0 spiro atoms. The summed E-state index contributed by atoms with van der Waals surface area (Å²) in [6.45, 7) is 8.25. The molecule has 0 saturated carbocycles. The van der Waals surface area contributed by atoms with Crippen molar-refractivity contribution in [2.45, 2.75) is 142 Å². The van der Waals surface area contributed by atoms with Crippen LogP contribution < -0.4 is 12.4 Å². The molecule has 2 heterocycles. The van der Waals surface area contributed by atoms with Crippen LogP contribution in [0.5, 0.6) is 0 Å². The lowest BCUT2D eigenvalue weighted by Crippen LogP contribution is -3.00. The van der Waals surface area contributed by atoms with E-state index in [9.17, 15) is 4.79 Å². The fourth-order valence-electron chi connectivity index (χ4n) is 5.83. The third-order valence-electron chi connectivity index (χ3n) is 7.89. The molecule has 0 unspecified atom stereocenters. The number of carbonyl (C=O) groups is 1. The summed E-state index contributed by atoms with van der Waals surface area (Å²) in [6.07, 6.45) is 29.0. The second kappa shape index (κ2) is 19.1. The third-order valence-corrected chi connectivity index (χ3v) is 7.89. The highest BCUT2D eigenvalue weighted by Crippen LogP contribution is 2.24. The van der Waals surface area contributed by atoms with Crippen molar-refractivity contribution in [1.82, 2.24) is 4.90 Å². The molecule has 3 nitrogen and oxygen atoms in total. The van der Waals surface area contributed by atoms with E-state index in [0.717, 1.165) is 26.1 Å². The standard InChI is InChI=1S/C28H55N2O.ClH/c1-2-3-4-5-6-7-8-9-10-11-12-13-14-15-16-18-24-30(25-19-17-20-26-30)27-29-23-21-22-28(29)31;/h2-27H2,1H3;1H/q+1;/p-1. The Bertz CT molecular complexity index is 451. The van der Waals surface area contributed by atoms with Crippen LogP contribution in [0.1, 0.15) is 142 Å². The highest BCUT2D eigenvalue weighted by atomic mass is 35.5. The van der Waals surface area contributed by atoms with Crippen molar-refractivity contribution in [3.8, 4) is 0 Å². The SMILES string of the molecule is CCCCCCCCCCCCCCCCCC[N+]1(CN2CCCC2=O)CCCCC1.[Cl-]. The molecule has 0 atom stereocenters. The molecule has 0 aromatic heterocycles. The highest BCUT2D eigenvalue weighted by Gasteiger charge is 2.34. The highest BCUT2D eigenvalue weighted by molar-refractivity contribution is 5.77. The summed E-state index contributed by atoms with van der Waals surface area (Å²) in [6, 6.07) is 0. The Hall–Kier alpha value is -0.280. The van der Waals surface area contributed by atoms with Gasteiger partial charge in [0.05, 0.1) is 19.6 Å². The molecule has 4 heteroatoms. The minimum absolute atomic E-state index is 0. The molecule has 0 N–H and O–H groups in total. The zero-order chi connectivity index (χ0) is 22.0. The molecular weight excluding hydrogens is 416 g/mol. The molecular formula is C28H55ClN2O. The van der Waals surface area contributed by atoms with E-state index in [1.54, 1.807) is 0 Å². The van der Waals surface area contributed by atoms with Crippen molar-refractivity contribution < 1.29 is 21.7 Å². The molecule has 0 bridgehead atoms. The zero-order valence-corrected chi connectivity index (χ0v) is 22.3. The number of amides is 1. The second-order valence-corrected chi connectivity index (χ2v) is 10.8. The van der Waals surface area contributed by atoms with Crippen LogP contribution in [-0.2, 0) is 4.79 Å². The number of rotatable bonds is 19. The van der Waals surface area contributed by atoms with Gasteiger partial charge in [-0.3, -0.25) is 9.69 Å². The molecule has 2 rings (SSSR count). The number of hydrogen-bond donors (Lipinski definition) is 0. The van der Waals surface area contributed by atoms with Crippen LogP contribution in [-0.4, -0.2) is 48.1 Å². The smallest absolute Gasteiger partial charge is 0.226 e. The van der Waals surface area contributed by atoms with E-state index in [2.05, 4.69) is 11.8 Å². The van der Waals surface area contributed by atoms with E-state index in [4.69, 9.17) is 0 Å². The molecule has 1 amide bonds. The first-order valence-electron chi connectivity index (χ1n) is 14.4. The van der Waals surface area contributed by atoms with Crippen molar-refractivity contribution in [2.75, 3.05) is 32.8 Å². The van der Waals surface area contributed by atoms with Crippen LogP contribution >= 0.6 is 0 Å². The summed E-state index contributed by atoms with van der Waals surface area (Å²) in [4.78, 5) is 14.3. The maximum absolute atomic E-state index is 12.1. The number of carbonyl (C=O) groups excluding carboxylic acids is 1. The van der Waals surface area contributed by atoms with E-state index in [-0.39, 0.29) is 12.4 Å². The van der Waals surface area contributed by atoms with Crippen LogP contribution in [0.25, 0.3) is 0 Å². The maximum atomic E-state index is 12.1. The van der Waals surface area contributed by atoms with Crippen molar-refractivity contribution in [3.05, 3.63) is 0 Å². The Kier molecular flexibility index (Phi) is 17.7. The van der Waals surface area contributed by atoms with Gasteiger partial charge in [-0.2, -0.15) is 0 Å². The summed E-state index contributed by atoms with van der Waals surface area (Å²) in [5.41, 5.74) is 0. The number of unbranched alkanes of at least 4 members (excludes halogenated alkanes) is 15. The molecule has 0 aliphatic carbocycles. The third kappa shape index (κ3) is 12.8. The van der Waals surface area contributed by atoms with Crippen molar-refractivity contribution in [3.63, 3.8) is 0 Å². The minimum atomic E-state index is 0. The van der Waals surface area contributed by atoms with E-state index in [1.807, 2.05) is 0 Å². The number of hydrogen-bond acceptors (Lipinski definition) is 1. The van der Waals surface area contributed by atoms with Gasteiger partial charge in [0.25, 0.3) is 0 Å². The summed E-state index contributed by atoms with van der Waals surface area (Å²) in [5.74, 6) is 0.412. The maximum Gasteiger partial charge on any atom is 0.226 e. The van der Waals surface area contributed by atoms with E-state index < -0.39 is 0 Å². The van der Waals surface area contributed by atoms with Gasteiger partial charge in [0.15, 0.2) is 6.67 Å². The quantitative estimate of drug-likeness (QED) is 0.195. The fraction of sp³-hybridized carbons (Fsp3) is 0.964. The Balaban J connectivity index is 0.00000512. The zero-order valence-electron chi connectivity index (χ0n) is 21.6. The average Bonchev–Trinajstić information content (AvgIpc) is 3.18. The number of piperidine rings is 1. The topological polar surface area (TPSA) is 20.3 Å². The van der Waals surface area contributed by atoms with Crippen molar-refractivity contribution >= 4 is 5.91 Å². The number of quaternary nitrogens is 1. The van der Waals surface area contributed by atoms with Crippen LogP contribution in [0.4, 0.5) is 0 Å². The summed E-state index contributed by atoms with van der Waals surface area (Å²) < 4.78 is 1.21. The summed E-state index contributed by atoms with van der Waals surface area (Å²) in [5, 5.41) is 0. The normalized spacial score (nSPS) is 18.2. The van der Waals surface area contributed by atoms with Crippen LogP contribution in [0.2, 0.25) is 0 Å². The van der Waals surface area contributed by atoms with Crippen molar-refractivity contribution in [2.24, 2.45) is 0 Å². The van der Waals surface area contributed by atoms with Gasteiger partial charge in [-0.05, 0) is 38.5 Å². The van der Waals surface area contributed by atoms with Gasteiger partial charge in [-0.25, -0.2) is 0 Å². The fourth-order valence-corrected chi connectivity index (χ4v) is 5.83. The lowest BCUT2D eigenvalue weighted by molar-refractivity contribution is -0.940. The Morgan fingerprint density at radius 1 is 0.656 bits per heavy atom. The lowest BCUT2D eigenvalue weighted by Gasteiger charge is -2.43.